The van der Waals surface area contributed by atoms with Crippen molar-refractivity contribution in [3.63, 3.8) is 0 Å². The molecule has 0 saturated heterocycles. The molecule has 0 heterocycles. The predicted octanol–water partition coefficient (Wildman–Crippen LogP) is 4.65. The third-order valence-electron chi connectivity index (χ3n) is 4.00. The Morgan fingerprint density at radius 1 is 1.33 bits per heavy atom. The number of halogens is 2. The van der Waals surface area contributed by atoms with Gasteiger partial charge in [0.05, 0.1) is 0 Å². The van der Waals surface area contributed by atoms with Crippen LogP contribution in [0.2, 0.25) is 0 Å². The molecule has 3 heteroatoms. The Bertz CT molecular complexity index is 394. The van der Waals surface area contributed by atoms with E-state index in [1.54, 1.807) is 0 Å². The van der Waals surface area contributed by atoms with Crippen molar-refractivity contribution >= 4 is 15.9 Å². The van der Waals surface area contributed by atoms with Crippen molar-refractivity contribution < 1.29 is 4.39 Å². The molecule has 0 aliphatic heterocycles. The lowest BCUT2D eigenvalue weighted by atomic mass is 9.83. The third-order valence-corrected chi connectivity index (χ3v) is 4.50. The first kappa shape index (κ1) is 14.0. The number of nitrogens with one attached hydrogen (secondary N) is 1. The SMILES string of the molecule is CCC1CCCCC1NCc1ccc(Br)cc1F. The lowest BCUT2D eigenvalue weighted by Gasteiger charge is -2.31. The Balaban J connectivity index is 1.93. The summed E-state index contributed by atoms with van der Waals surface area (Å²) in [5.41, 5.74) is 0.763. The highest BCUT2D eigenvalue weighted by Crippen LogP contribution is 2.27. The van der Waals surface area contributed by atoms with E-state index in [1.807, 2.05) is 12.1 Å². The van der Waals surface area contributed by atoms with E-state index < -0.39 is 0 Å². The van der Waals surface area contributed by atoms with Crippen LogP contribution in [0.3, 0.4) is 0 Å². The van der Waals surface area contributed by atoms with E-state index in [-0.39, 0.29) is 5.82 Å². The molecule has 1 aromatic rings. The normalized spacial score (nSPS) is 24.2. The Morgan fingerprint density at radius 2 is 2.11 bits per heavy atom. The summed E-state index contributed by atoms with van der Waals surface area (Å²) in [6.07, 6.45) is 6.43. The first-order valence-corrected chi connectivity index (χ1v) is 7.67. The van der Waals surface area contributed by atoms with Crippen molar-refractivity contribution in [1.82, 2.24) is 5.32 Å². The topological polar surface area (TPSA) is 12.0 Å². The zero-order valence-electron chi connectivity index (χ0n) is 10.9. The van der Waals surface area contributed by atoms with Crippen LogP contribution in [-0.4, -0.2) is 6.04 Å². The zero-order chi connectivity index (χ0) is 13.0. The molecule has 2 rings (SSSR count). The molecule has 100 valence electrons. The van der Waals surface area contributed by atoms with Crippen LogP contribution in [-0.2, 0) is 6.54 Å². The van der Waals surface area contributed by atoms with Gasteiger partial charge in [0.2, 0.25) is 0 Å². The fourth-order valence-electron chi connectivity index (χ4n) is 2.87. The molecule has 1 nitrogen and oxygen atoms in total. The molecule has 1 saturated carbocycles. The van der Waals surface area contributed by atoms with Gasteiger partial charge < -0.3 is 5.32 Å². The fraction of sp³-hybridized carbons (Fsp3) is 0.600. The van der Waals surface area contributed by atoms with Gasteiger partial charge in [-0.15, -0.1) is 0 Å². The van der Waals surface area contributed by atoms with E-state index in [0.717, 1.165) is 16.0 Å². The molecule has 0 radical (unpaired) electrons. The largest absolute Gasteiger partial charge is 0.310 e. The van der Waals surface area contributed by atoms with Crippen LogP contribution in [0.5, 0.6) is 0 Å². The number of benzene rings is 1. The highest BCUT2D eigenvalue weighted by Gasteiger charge is 2.23. The van der Waals surface area contributed by atoms with Crippen molar-refractivity contribution in [1.29, 1.82) is 0 Å². The Kier molecular flexibility index (Phi) is 5.19. The molecule has 18 heavy (non-hydrogen) atoms. The minimum Gasteiger partial charge on any atom is -0.310 e. The summed E-state index contributed by atoms with van der Waals surface area (Å²) in [5, 5.41) is 3.54. The Labute approximate surface area is 117 Å². The summed E-state index contributed by atoms with van der Waals surface area (Å²) in [5.74, 6) is 0.637. The van der Waals surface area contributed by atoms with Crippen LogP contribution in [0.15, 0.2) is 22.7 Å². The van der Waals surface area contributed by atoms with E-state index in [0.29, 0.717) is 12.6 Å². The second-order valence-corrected chi connectivity index (χ2v) is 6.09. The van der Waals surface area contributed by atoms with Crippen LogP contribution in [0, 0.1) is 11.7 Å². The number of rotatable bonds is 4. The quantitative estimate of drug-likeness (QED) is 0.853. The number of hydrogen-bond acceptors (Lipinski definition) is 1. The molecule has 1 fully saturated rings. The fourth-order valence-corrected chi connectivity index (χ4v) is 3.20. The zero-order valence-corrected chi connectivity index (χ0v) is 12.5. The van der Waals surface area contributed by atoms with Gasteiger partial charge in [-0.05, 0) is 30.9 Å². The monoisotopic (exact) mass is 313 g/mol. The highest BCUT2D eigenvalue weighted by molar-refractivity contribution is 9.10. The molecule has 0 aromatic heterocycles. The molecule has 1 aromatic carbocycles. The summed E-state index contributed by atoms with van der Waals surface area (Å²) in [6, 6.07) is 5.86. The van der Waals surface area contributed by atoms with E-state index in [4.69, 9.17) is 0 Å². The Morgan fingerprint density at radius 3 is 2.83 bits per heavy atom. The summed E-state index contributed by atoms with van der Waals surface area (Å²) in [4.78, 5) is 0. The van der Waals surface area contributed by atoms with E-state index in [9.17, 15) is 4.39 Å². The second kappa shape index (κ2) is 6.67. The van der Waals surface area contributed by atoms with Crippen molar-refractivity contribution in [2.45, 2.75) is 51.6 Å². The summed E-state index contributed by atoms with van der Waals surface area (Å²) in [7, 11) is 0. The van der Waals surface area contributed by atoms with Crippen LogP contribution in [0.25, 0.3) is 0 Å². The van der Waals surface area contributed by atoms with Crippen LogP contribution in [0.1, 0.15) is 44.6 Å². The third kappa shape index (κ3) is 3.55. The van der Waals surface area contributed by atoms with Crippen LogP contribution < -0.4 is 5.32 Å². The highest BCUT2D eigenvalue weighted by atomic mass is 79.9. The van der Waals surface area contributed by atoms with Crippen molar-refractivity contribution in [3.8, 4) is 0 Å². The summed E-state index contributed by atoms with van der Waals surface area (Å²) in [6.45, 7) is 2.89. The predicted molar refractivity (Wildman–Crippen MR) is 77.0 cm³/mol. The molecule has 0 bridgehead atoms. The molecule has 0 spiro atoms. The molecule has 1 aliphatic carbocycles. The summed E-state index contributed by atoms with van der Waals surface area (Å²) >= 11 is 3.28. The lowest BCUT2D eigenvalue weighted by Crippen LogP contribution is -2.38. The first-order valence-electron chi connectivity index (χ1n) is 6.88. The average Bonchev–Trinajstić information content (AvgIpc) is 2.38. The molecule has 1 N–H and O–H groups in total. The van der Waals surface area contributed by atoms with Crippen molar-refractivity contribution in [3.05, 3.63) is 34.1 Å². The van der Waals surface area contributed by atoms with Gasteiger partial charge in [-0.25, -0.2) is 4.39 Å². The molecule has 0 amide bonds. The van der Waals surface area contributed by atoms with Gasteiger partial charge in [-0.1, -0.05) is 48.2 Å². The first-order chi connectivity index (χ1) is 8.70. The van der Waals surface area contributed by atoms with Crippen molar-refractivity contribution in [2.75, 3.05) is 0 Å². The van der Waals surface area contributed by atoms with Crippen LogP contribution in [0.4, 0.5) is 4.39 Å². The smallest absolute Gasteiger partial charge is 0.128 e. The van der Waals surface area contributed by atoms with Gasteiger partial charge >= 0.3 is 0 Å². The van der Waals surface area contributed by atoms with E-state index in [2.05, 4.69) is 28.2 Å². The van der Waals surface area contributed by atoms with Gasteiger partial charge in [-0.3, -0.25) is 0 Å². The van der Waals surface area contributed by atoms with Gasteiger partial charge in [0.25, 0.3) is 0 Å². The second-order valence-electron chi connectivity index (χ2n) is 5.18. The standard InChI is InChI=1S/C15H21BrFN/c1-2-11-5-3-4-6-15(11)18-10-12-7-8-13(16)9-14(12)17/h7-9,11,15,18H,2-6,10H2,1H3. The lowest BCUT2D eigenvalue weighted by molar-refractivity contribution is 0.253. The molecule has 1 aliphatic rings. The average molecular weight is 314 g/mol. The molecular weight excluding hydrogens is 293 g/mol. The minimum absolute atomic E-state index is 0.124. The summed E-state index contributed by atoms with van der Waals surface area (Å²) < 4.78 is 14.5. The van der Waals surface area contributed by atoms with Crippen LogP contribution >= 0.6 is 15.9 Å². The Hall–Kier alpha value is -0.410. The van der Waals surface area contributed by atoms with Gasteiger partial charge in [0.1, 0.15) is 5.82 Å². The van der Waals surface area contributed by atoms with Gasteiger partial charge in [0, 0.05) is 22.6 Å². The maximum absolute atomic E-state index is 13.7. The molecular formula is C15H21BrFN. The van der Waals surface area contributed by atoms with E-state index in [1.165, 1.54) is 38.2 Å². The minimum atomic E-state index is -0.124. The van der Waals surface area contributed by atoms with E-state index >= 15 is 0 Å². The molecule has 2 unspecified atom stereocenters. The molecule has 2 atom stereocenters. The maximum Gasteiger partial charge on any atom is 0.128 e. The van der Waals surface area contributed by atoms with Gasteiger partial charge in [-0.2, -0.15) is 0 Å². The maximum atomic E-state index is 13.7. The van der Waals surface area contributed by atoms with Gasteiger partial charge in [0.15, 0.2) is 0 Å². The number of hydrogen-bond donors (Lipinski definition) is 1. The van der Waals surface area contributed by atoms with Crippen molar-refractivity contribution in [2.24, 2.45) is 5.92 Å².